The number of benzene rings is 1. The molecule has 0 amide bonds. The lowest BCUT2D eigenvalue weighted by Crippen LogP contribution is -1.96. The highest BCUT2D eigenvalue weighted by Gasteiger charge is 2.13. The third kappa shape index (κ3) is 2.14. The molecule has 5 heteroatoms. The van der Waals surface area contributed by atoms with Gasteiger partial charge in [-0.05, 0) is 31.2 Å². The third-order valence-corrected chi connectivity index (χ3v) is 3.15. The monoisotopic (exact) mass is 265 g/mol. The van der Waals surface area contributed by atoms with Crippen molar-refractivity contribution in [3.63, 3.8) is 0 Å². The van der Waals surface area contributed by atoms with E-state index in [1.807, 2.05) is 6.92 Å². The molecule has 0 saturated heterocycles. The first-order chi connectivity index (χ1) is 8.17. The fraction of sp³-hybridized carbons (Fsp3) is 0.167. The zero-order chi connectivity index (χ0) is 12.4. The molecule has 0 fully saturated rings. The molecule has 1 aromatic heterocycles. The number of alkyl halides is 1. The SMILES string of the molecule is Cc1nn(-c2ccc(C#N)cc2)c(Cl)c1CCl. The van der Waals surface area contributed by atoms with Crippen molar-refractivity contribution >= 4 is 23.2 Å². The number of nitriles is 1. The van der Waals surface area contributed by atoms with Gasteiger partial charge in [0.25, 0.3) is 0 Å². The summed E-state index contributed by atoms with van der Waals surface area (Å²) >= 11 is 12.0. The average molecular weight is 266 g/mol. The molecule has 0 unspecified atom stereocenters. The maximum Gasteiger partial charge on any atom is 0.137 e. The summed E-state index contributed by atoms with van der Waals surface area (Å²) < 4.78 is 1.62. The van der Waals surface area contributed by atoms with Gasteiger partial charge in [-0.15, -0.1) is 11.6 Å². The highest BCUT2D eigenvalue weighted by atomic mass is 35.5. The van der Waals surface area contributed by atoms with E-state index in [1.54, 1.807) is 28.9 Å². The van der Waals surface area contributed by atoms with E-state index in [0.29, 0.717) is 16.6 Å². The Morgan fingerprint density at radius 2 is 2.00 bits per heavy atom. The van der Waals surface area contributed by atoms with E-state index >= 15 is 0 Å². The van der Waals surface area contributed by atoms with Crippen LogP contribution in [0.15, 0.2) is 24.3 Å². The maximum absolute atomic E-state index is 8.72. The van der Waals surface area contributed by atoms with Crippen LogP contribution >= 0.6 is 23.2 Å². The summed E-state index contributed by atoms with van der Waals surface area (Å²) in [5.41, 5.74) is 3.06. The van der Waals surface area contributed by atoms with Crippen LogP contribution in [0.1, 0.15) is 16.8 Å². The fourth-order valence-electron chi connectivity index (χ4n) is 1.53. The van der Waals surface area contributed by atoms with Gasteiger partial charge in [-0.25, -0.2) is 4.68 Å². The second-order valence-electron chi connectivity index (χ2n) is 3.56. The van der Waals surface area contributed by atoms with Gasteiger partial charge >= 0.3 is 0 Å². The minimum Gasteiger partial charge on any atom is -0.222 e. The van der Waals surface area contributed by atoms with E-state index in [4.69, 9.17) is 28.5 Å². The van der Waals surface area contributed by atoms with Crippen molar-refractivity contribution in [2.45, 2.75) is 12.8 Å². The second-order valence-corrected chi connectivity index (χ2v) is 4.18. The van der Waals surface area contributed by atoms with Crippen LogP contribution in [0, 0.1) is 18.3 Å². The maximum atomic E-state index is 8.72. The Labute approximate surface area is 109 Å². The lowest BCUT2D eigenvalue weighted by atomic mass is 10.2. The molecule has 0 N–H and O–H groups in total. The predicted molar refractivity (Wildman–Crippen MR) is 67.6 cm³/mol. The summed E-state index contributed by atoms with van der Waals surface area (Å²) in [6.45, 7) is 1.86. The molecule has 0 saturated carbocycles. The molecule has 0 aliphatic rings. The van der Waals surface area contributed by atoms with Crippen LogP contribution < -0.4 is 0 Å². The summed E-state index contributed by atoms with van der Waals surface area (Å²) in [5, 5.41) is 13.6. The van der Waals surface area contributed by atoms with Gasteiger partial charge in [0, 0.05) is 5.56 Å². The zero-order valence-corrected chi connectivity index (χ0v) is 10.6. The molecular weight excluding hydrogens is 257 g/mol. The highest BCUT2D eigenvalue weighted by molar-refractivity contribution is 6.31. The number of hydrogen-bond acceptors (Lipinski definition) is 2. The number of hydrogen-bond donors (Lipinski definition) is 0. The third-order valence-electron chi connectivity index (χ3n) is 2.50. The Morgan fingerprint density at radius 1 is 1.35 bits per heavy atom. The van der Waals surface area contributed by atoms with Crippen molar-refractivity contribution in [2.75, 3.05) is 0 Å². The second kappa shape index (κ2) is 4.79. The number of rotatable bonds is 2. The summed E-state index contributed by atoms with van der Waals surface area (Å²) in [5.74, 6) is 0.334. The molecule has 0 aliphatic carbocycles. The van der Waals surface area contributed by atoms with E-state index in [-0.39, 0.29) is 0 Å². The number of aromatic nitrogens is 2. The smallest absolute Gasteiger partial charge is 0.137 e. The first-order valence-corrected chi connectivity index (χ1v) is 5.89. The topological polar surface area (TPSA) is 41.6 Å². The molecule has 1 heterocycles. The van der Waals surface area contributed by atoms with Gasteiger partial charge in [0.1, 0.15) is 5.15 Å². The molecule has 0 atom stereocenters. The van der Waals surface area contributed by atoms with Crippen molar-refractivity contribution in [3.8, 4) is 11.8 Å². The summed E-state index contributed by atoms with van der Waals surface area (Å²) in [6.07, 6.45) is 0. The van der Waals surface area contributed by atoms with Gasteiger partial charge in [-0.2, -0.15) is 10.4 Å². The lowest BCUT2D eigenvalue weighted by molar-refractivity contribution is 0.863. The van der Waals surface area contributed by atoms with Crippen LogP contribution in [-0.2, 0) is 5.88 Å². The predicted octanol–water partition coefficient (Wildman–Crippen LogP) is 3.44. The first-order valence-electron chi connectivity index (χ1n) is 4.98. The van der Waals surface area contributed by atoms with Gasteiger partial charge in [0.2, 0.25) is 0 Å². The Kier molecular flexibility index (Phi) is 3.37. The van der Waals surface area contributed by atoms with E-state index < -0.39 is 0 Å². The van der Waals surface area contributed by atoms with Crippen molar-refractivity contribution in [1.82, 2.24) is 9.78 Å². The van der Waals surface area contributed by atoms with E-state index in [1.165, 1.54) is 0 Å². The molecule has 0 radical (unpaired) electrons. The van der Waals surface area contributed by atoms with Gasteiger partial charge in [-0.3, -0.25) is 0 Å². The minimum absolute atomic E-state index is 0.334. The van der Waals surface area contributed by atoms with Crippen molar-refractivity contribution in [3.05, 3.63) is 46.2 Å². The molecule has 3 nitrogen and oxygen atoms in total. The van der Waals surface area contributed by atoms with Crippen LogP contribution in [0.4, 0.5) is 0 Å². The molecule has 0 aliphatic heterocycles. The zero-order valence-electron chi connectivity index (χ0n) is 9.11. The lowest BCUT2D eigenvalue weighted by Gasteiger charge is -2.02. The standard InChI is InChI=1S/C12H9Cl2N3/c1-8-11(6-13)12(14)17(16-8)10-4-2-9(7-15)3-5-10/h2-5H,6H2,1H3. The first kappa shape index (κ1) is 12.0. The number of halogens is 2. The molecule has 2 aromatic rings. The normalized spacial score (nSPS) is 10.2. The number of nitrogens with zero attached hydrogens (tertiary/aromatic N) is 3. The largest absolute Gasteiger partial charge is 0.222 e. The van der Waals surface area contributed by atoms with Gasteiger partial charge < -0.3 is 0 Å². The molecule has 1 aromatic carbocycles. The quantitative estimate of drug-likeness (QED) is 0.781. The Morgan fingerprint density at radius 3 is 2.47 bits per heavy atom. The summed E-state index contributed by atoms with van der Waals surface area (Å²) in [7, 11) is 0. The Balaban J connectivity index is 2.50. The van der Waals surface area contributed by atoms with Gasteiger partial charge in [0.15, 0.2) is 0 Å². The van der Waals surface area contributed by atoms with E-state index in [9.17, 15) is 0 Å². The van der Waals surface area contributed by atoms with Gasteiger partial charge in [0.05, 0.1) is 28.9 Å². The molecular formula is C12H9Cl2N3. The van der Waals surface area contributed by atoms with Crippen molar-refractivity contribution in [2.24, 2.45) is 0 Å². The van der Waals surface area contributed by atoms with Crippen LogP contribution in [0.25, 0.3) is 5.69 Å². The van der Waals surface area contributed by atoms with Gasteiger partial charge in [-0.1, -0.05) is 11.6 Å². The minimum atomic E-state index is 0.334. The molecule has 0 bridgehead atoms. The Hall–Kier alpha value is -1.50. The van der Waals surface area contributed by atoms with Crippen molar-refractivity contribution in [1.29, 1.82) is 5.26 Å². The van der Waals surface area contributed by atoms with Crippen LogP contribution in [-0.4, -0.2) is 9.78 Å². The molecule has 86 valence electrons. The molecule has 2 rings (SSSR count). The fourth-order valence-corrected chi connectivity index (χ4v) is 2.26. The number of aryl methyl sites for hydroxylation is 1. The molecule has 0 spiro atoms. The van der Waals surface area contributed by atoms with Crippen LogP contribution in [0.2, 0.25) is 5.15 Å². The Bertz CT molecular complexity index is 579. The summed E-state index contributed by atoms with van der Waals surface area (Å²) in [4.78, 5) is 0. The van der Waals surface area contributed by atoms with Crippen LogP contribution in [0.5, 0.6) is 0 Å². The van der Waals surface area contributed by atoms with Crippen LogP contribution in [0.3, 0.4) is 0 Å². The summed E-state index contributed by atoms with van der Waals surface area (Å²) in [6, 6.07) is 9.12. The van der Waals surface area contributed by atoms with Crippen molar-refractivity contribution < 1.29 is 0 Å². The van der Waals surface area contributed by atoms with E-state index in [0.717, 1.165) is 16.9 Å². The average Bonchev–Trinajstić information content (AvgIpc) is 2.64. The molecule has 17 heavy (non-hydrogen) atoms. The highest BCUT2D eigenvalue weighted by Crippen LogP contribution is 2.24. The van der Waals surface area contributed by atoms with E-state index in [2.05, 4.69) is 11.2 Å².